The third-order valence-corrected chi connectivity index (χ3v) is 5.21. The molecule has 0 radical (unpaired) electrons. The molecule has 0 unspecified atom stereocenters. The van der Waals surface area contributed by atoms with Gasteiger partial charge >= 0.3 is 5.97 Å². The van der Waals surface area contributed by atoms with Crippen molar-refractivity contribution in [1.29, 1.82) is 0 Å². The van der Waals surface area contributed by atoms with E-state index in [0.717, 1.165) is 5.56 Å². The van der Waals surface area contributed by atoms with Crippen LogP contribution in [0, 0.1) is 12.8 Å². The molecule has 1 saturated heterocycles. The highest BCUT2D eigenvalue weighted by molar-refractivity contribution is 5.89. The molecular weight excluding hydrogens is 294 g/mol. The van der Waals surface area contributed by atoms with Crippen LogP contribution in [-0.4, -0.2) is 36.2 Å². The van der Waals surface area contributed by atoms with Crippen molar-refractivity contribution in [1.82, 2.24) is 5.32 Å². The molecule has 1 heterocycles. The first-order valence-electron chi connectivity index (χ1n) is 8.20. The van der Waals surface area contributed by atoms with E-state index in [9.17, 15) is 9.59 Å². The van der Waals surface area contributed by atoms with Crippen LogP contribution in [0.1, 0.15) is 36.8 Å². The number of aryl methyl sites for hydroxylation is 1. The first-order chi connectivity index (χ1) is 11.0. The number of rotatable bonds is 4. The van der Waals surface area contributed by atoms with E-state index in [1.165, 1.54) is 5.56 Å². The molecule has 0 aromatic heterocycles. The number of amides is 1. The summed E-state index contributed by atoms with van der Waals surface area (Å²) >= 11 is 0. The summed E-state index contributed by atoms with van der Waals surface area (Å²) in [4.78, 5) is 23.9. The number of aliphatic carboxylic acids is 1. The van der Waals surface area contributed by atoms with Crippen molar-refractivity contribution < 1.29 is 19.4 Å². The average molecular weight is 317 g/mol. The number of carboxylic acid groups (broad SMARTS) is 1. The lowest BCUT2D eigenvalue weighted by Gasteiger charge is -2.40. The Labute approximate surface area is 136 Å². The quantitative estimate of drug-likeness (QED) is 0.891. The Bertz CT molecular complexity index is 584. The molecule has 23 heavy (non-hydrogen) atoms. The van der Waals surface area contributed by atoms with E-state index < -0.39 is 11.4 Å². The maximum Gasteiger partial charge on any atom is 0.306 e. The zero-order valence-corrected chi connectivity index (χ0v) is 13.4. The SMILES string of the molecule is Cc1ccc(C2(C(=O)NC3CC(C(=O)O)C3)CCOCC2)cc1. The van der Waals surface area contributed by atoms with Gasteiger partial charge in [0.2, 0.25) is 5.91 Å². The summed E-state index contributed by atoms with van der Waals surface area (Å²) in [5.41, 5.74) is 1.64. The zero-order chi connectivity index (χ0) is 16.4. The van der Waals surface area contributed by atoms with Crippen molar-refractivity contribution in [3.63, 3.8) is 0 Å². The molecule has 0 atom stereocenters. The minimum absolute atomic E-state index is 0.0125. The van der Waals surface area contributed by atoms with E-state index in [1.807, 2.05) is 31.2 Å². The van der Waals surface area contributed by atoms with Gasteiger partial charge in [-0.3, -0.25) is 9.59 Å². The first kappa shape index (κ1) is 16.0. The monoisotopic (exact) mass is 317 g/mol. The lowest BCUT2D eigenvalue weighted by molar-refractivity contribution is -0.147. The lowest BCUT2D eigenvalue weighted by atomic mass is 9.72. The third kappa shape index (κ3) is 3.11. The molecule has 0 spiro atoms. The molecule has 5 heteroatoms. The number of carboxylic acids is 1. The second-order valence-electron chi connectivity index (χ2n) is 6.74. The van der Waals surface area contributed by atoms with Gasteiger partial charge in [0, 0.05) is 19.3 Å². The third-order valence-electron chi connectivity index (χ3n) is 5.21. The number of carbonyl (C=O) groups is 2. The van der Waals surface area contributed by atoms with Gasteiger partial charge in [-0.15, -0.1) is 0 Å². The second kappa shape index (κ2) is 6.32. The van der Waals surface area contributed by atoms with Crippen LogP contribution in [0.15, 0.2) is 24.3 Å². The summed E-state index contributed by atoms with van der Waals surface area (Å²) in [5.74, 6) is -1.07. The van der Waals surface area contributed by atoms with E-state index in [2.05, 4.69) is 5.32 Å². The molecule has 1 aromatic carbocycles. The van der Waals surface area contributed by atoms with Crippen molar-refractivity contribution in [3.05, 3.63) is 35.4 Å². The summed E-state index contributed by atoms with van der Waals surface area (Å²) in [5, 5.41) is 12.0. The molecule has 1 aliphatic heterocycles. The van der Waals surface area contributed by atoms with Crippen LogP contribution >= 0.6 is 0 Å². The fourth-order valence-corrected chi connectivity index (χ4v) is 3.50. The summed E-state index contributed by atoms with van der Waals surface area (Å²) < 4.78 is 5.46. The summed E-state index contributed by atoms with van der Waals surface area (Å²) in [7, 11) is 0. The summed E-state index contributed by atoms with van der Waals surface area (Å²) in [6, 6.07) is 8.10. The van der Waals surface area contributed by atoms with Crippen LogP contribution in [0.4, 0.5) is 0 Å². The van der Waals surface area contributed by atoms with Gasteiger partial charge in [0.1, 0.15) is 0 Å². The van der Waals surface area contributed by atoms with Crippen molar-refractivity contribution in [2.24, 2.45) is 5.92 Å². The molecule has 1 aromatic rings. The largest absolute Gasteiger partial charge is 0.481 e. The van der Waals surface area contributed by atoms with Gasteiger partial charge in [-0.25, -0.2) is 0 Å². The van der Waals surface area contributed by atoms with E-state index in [1.54, 1.807) is 0 Å². The van der Waals surface area contributed by atoms with Crippen LogP contribution in [0.3, 0.4) is 0 Å². The molecule has 1 amide bonds. The Balaban J connectivity index is 1.75. The number of benzene rings is 1. The molecule has 3 rings (SSSR count). The van der Waals surface area contributed by atoms with Crippen molar-refractivity contribution in [2.75, 3.05) is 13.2 Å². The van der Waals surface area contributed by atoms with Crippen LogP contribution < -0.4 is 5.32 Å². The Morgan fingerprint density at radius 1 is 1.17 bits per heavy atom. The molecule has 2 fully saturated rings. The fourth-order valence-electron chi connectivity index (χ4n) is 3.50. The van der Waals surface area contributed by atoms with Gasteiger partial charge in [0.25, 0.3) is 0 Å². The molecule has 1 saturated carbocycles. The van der Waals surface area contributed by atoms with Crippen LogP contribution in [0.5, 0.6) is 0 Å². The lowest BCUT2D eigenvalue weighted by Crippen LogP contribution is -2.54. The standard InChI is InChI=1S/C18H23NO4/c1-12-2-4-14(5-3-12)18(6-8-23-9-7-18)17(22)19-15-10-13(11-15)16(20)21/h2-5,13,15H,6-11H2,1H3,(H,19,22)(H,20,21). The molecule has 124 valence electrons. The zero-order valence-electron chi connectivity index (χ0n) is 13.4. The maximum atomic E-state index is 13.0. The van der Waals surface area contributed by atoms with Crippen LogP contribution in [0.25, 0.3) is 0 Å². The van der Waals surface area contributed by atoms with Crippen molar-refractivity contribution in [3.8, 4) is 0 Å². The second-order valence-corrected chi connectivity index (χ2v) is 6.74. The Kier molecular flexibility index (Phi) is 4.39. The summed E-state index contributed by atoms with van der Waals surface area (Å²) in [6.07, 6.45) is 2.39. The molecule has 5 nitrogen and oxygen atoms in total. The number of ether oxygens (including phenoxy) is 1. The van der Waals surface area contributed by atoms with E-state index in [-0.39, 0.29) is 17.9 Å². The van der Waals surface area contributed by atoms with Crippen LogP contribution in [0.2, 0.25) is 0 Å². The Morgan fingerprint density at radius 2 is 1.78 bits per heavy atom. The van der Waals surface area contributed by atoms with Crippen molar-refractivity contribution >= 4 is 11.9 Å². The van der Waals surface area contributed by atoms with Crippen LogP contribution in [-0.2, 0) is 19.7 Å². The molecule has 0 bridgehead atoms. The van der Waals surface area contributed by atoms with Gasteiger partial charge in [-0.2, -0.15) is 0 Å². The minimum atomic E-state index is -0.769. The Hall–Kier alpha value is -1.88. The fraction of sp³-hybridized carbons (Fsp3) is 0.556. The highest BCUT2D eigenvalue weighted by atomic mass is 16.5. The topological polar surface area (TPSA) is 75.6 Å². The number of hydrogen-bond donors (Lipinski definition) is 2. The molecular formula is C18H23NO4. The van der Waals surface area contributed by atoms with Gasteiger partial charge < -0.3 is 15.2 Å². The van der Waals surface area contributed by atoms with E-state index >= 15 is 0 Å². The van der Waals surface area contributed by atoms with E-state index in [0.29, 0.717) is 38.9 Å². The molecule has 1 aliphatic carbocycles. The highest BCUT2D eigenvalue weighted by Gasteiger charge is 2.44. The maximum absolute atomic E-state index is 13.0. The average Bonchev–Trinajstić information content (AvgIpc) is 2.51. The van der Waals surface area contributed by atoms with Crippen molar-refractivity contribution in [2.45, 2.75) is 44.1 Å². The number of nitrogens with one attached hydrogen (secondary N) is 1. The van der Waals surface area contributed by atoms with Gasteiger partial charge in [-0.1, -0.05) is 29.8 Å². The highest BCUT2D eigenvalue weighted by Crippen LogP contribution is 2.37. The van der Waals surface area contributed by atoms with Gasteiger partial charge in [0.15, 0.2) is 0 Å². The smallest absolute Gasteiger partial charge is 0.306 e. The predicted octanol–water partition coefficient (Wildman–Crippen LogP) is 2.02. The van der Waals surface area contributed by atoms with Gasteiger partial charge in [-0.05, 0) is 38.2 Å². The molecule has 2 aliphatic rings. The summed E-state index contributed by atoms with van der Waals surface area (Å²) in [6.45, 7) is 3.17. The van der Waals surface area contributed by atoms with E-state index in [4.69, 9.17) is 9.84 Å². The first-order valence-corrected chi connectivity index (χ1v) is 8.20. The number of carbonyl (C=O) groups excluding carboxylic acids is 1. The van der Waals surface area contributed by atoms with Gasteiger partial charge in [0.05, 0.1) is 11.3 Å². The predicted molar refractivity (Wildman–Crippen MR) is 85.2 cm³/mol. The Morgan fingerprint density at radius 3 is 2.35 bits per heavy atom. The number of hydrogen-bond acceptors (Lipinski definition) is 3. The minimum Gasteiger partial charge on any atom is -0.481 e. The molecule has 2 N–H and O–H groups in total. The normalized spacial score (nSPS) is 26.1.